The minimum absolute atomic E-state index is 0. The van der Waals surface area contributed by atoms with E-state index in [4.69, 9.17) is 19.6 Å². The Kier molecular flexibility index (Phi) is 9.44. The van der Waals surface area contributed by atoms with Crippen LogP contribution in [0.3, 0.4) is 0 Å². The number of carbonyl (C=O) groups excluding carboxylic acids is 1. The van der Waals surface area contributed by atoms with E-state index < -0.39 is 5.91 Å². The maximum absolute atomic E-state index is 11.1. The zero-order chi connectivity index (χ0) is 21.5. The number of ether oxygens (including phenoxy) is 2. The van der Waals surface area contributed by atoms with E-state index in [1.807, 2.05) is 18.2 Å². The minimum Gasteiger partial charge on any atom is -0.497 e. The first-order chi connectivity index (χ1) is 14.5. The van der Waals surface area contributed by atoms with E-state index in [9.17, 15) is 4.79 Å². The molecule has 10 heteroatoms. The van der Waals surface area contributed by atoms with Gasteiger partial charge in [-0.3, -0.25) is 14.7 Å². The number of nitrogens with zero attached hydrogens (tertiary/aromatic N) is 2. The minimum atomic E-state index is -0.580. The van der Waals surface area contributed by atoms with Gasteiger partial charge in [0.2, 0.25) is 0 Å². The van der Waals surface area contributed by atoms with Gasteiger partial charge in [0.25, 0.3) is 5.91 Å². The Labute approximate surface area is 199 Å². The Bertz CT molecular complexity index is 879. The normalized spacial score (nSPS) is 16.5. The van der Waals surface area contributed by atoms with Crippen molar-refractivity contribution in [1.29, 1.82) is 0 Å². The van der Waals surface area contributed by atoms with Crippen molar-refractivity contribution < 1.29 is 18.7 Å². The van der Waals surface area contributed by atoms with Crippen LogP contribution in [0.15, 0.2) is 39.7 Å². The Morgan fingerprint density at radius 2 is 1.97 bits per heavy atom. The second kappa shape index (κ2) is 11.8. The van der Waals surface area contributed by atoms with E-state index in [0.29, 0.717) is 18.3 Å². The van der Waals surface area contributed by atoms with Gasteiger partial charge in [0.15, 0.2) is 11.7 Å². The first kappa shape index (κ1) is 24.8. The number of benzene rings is 1. The van der Waals surface area contributed by atoms with Gasteiger partial charge in [-0.25, -0.2) is 0 Å². The van der Waals surface area contributed by atoms with Gasteiger partial charge in [-0.15, -0.1) is 24.0 Å². The molecule has 0 aliphatic carbocycles. The van der Waals surface area contributed by atoms with Crippen molar-refractivity contribution >= 4 is 35.8 Å². The lowest BCUT2D eigenvalue weighted by molar-refractivity contribution is 0.0972. The van der Waals surface area contributed by atoms with E-state index in [0.717, 1.165) is 43.1 Å². The molecule has 1 aliphatic rings. The molecule has 1 fully saturated rings. The van der Waals surface area contributed by atoms with Gasteiger partial charge in [0.1, 0.15) is 17.3 Å². The predicted octanol–water partition coefficient (Wildman–Crippen LogP) is 1.95. The molecule has 1 atom stereocenters. The van der Waals surface area contributed by atoms with Crippen molar-refractivity contribution in [3.63, 3.8) is 0 Å². The van der Waals surface area contributed by atoms with Gasteiger partial charge in [0, 0.05) is 38.8 Å². The number of furan rings is 1. The van der Waals surface area contributed by atoms with Crippen molar-refractivity contribution in [3.05, 3.63) is 47.4 Å². The van der Waals surface area contributed by atoms with Crippen LogP contribution < -0.4 is 25.8 Å². The number of nitrogens with one attached hydrogen (secondary N) is 2. The Morgan fingerprint density at radius 3 is 2.55 bits per heavy atom. The molecule has 31 heavy (non-hydrogen) atoms. The lowest BCUT2D eigenvalue weighted by Gasteiger charge is -2.19. The van der Waals surface area contributed by atoms with Gasteiger partial charge in [-0.1, -0.05) is 0 Å². The number of likely N-dealkylation sites (tertiary alicyclic amines) is 1. The number of rotatable bonds is 8. The smallest absolute Gasteiger partial charge is 0.284 e. The number of aliphatic imine (C=N–C) groups is 1. The van der Waals surface area contributed by atoms with Gasteiger partial charge in [-0.05, 0) is 36.2 Å². The number of halogens is 1. The van der Waals surface area contributed by atoms with Crippen LogP contribution in [-0.4, -0.2) is 57.2 Å². The Balaban J connectivity index is 0.00000341. The molecule has 1 saturated heterocycles. The van der Waals surface area contributed by atoms with E-state index in [1.54, 1.807) is 33.4 Å². The van der Waals surface area contributed by atoms with Crippen LogP contribution in [0.5, 0.6) is 11.5 Å². The largest absolute Gasteiger partial charge is 0.497 e. The third-order valence-electron chi connectivity index (χ3n) is 4.99. The molecule has 0 bridgehead atoms. The molecule has 1 unspecified atom stereocenters. The lowest BCUT2D eigenvalue weighted by Crippen LogP contribution is -2.44. The van der Waals surface area contributed by atoms with E-state index in [2.05, 4.69) is 20.5 Å². The predicted molar refractivity (Wildman–Crippen MR) is 129 cm³/mol. The Hall–Kier alpha value is -2.47. The van der Waals surface area contributed by atoms with Crippen LogP contribution in [0.25, 0.3) is 0 Å². The molecule has 1 amide bonds. The number of guanidine groups is 1. The molecule has 1 aromatic heterocycles. The highest BCUT2D eigenvalue weighted by atomic mass is 127. The van der Waals surface area contributed by atoms with Crippen molar-refractivity contribution in [1.82, 2.24) is 15.5 Å². The number of primary amides is 1. The number of hydrogen-bond donors (Lipinski definition) is 3. The lowest BCUT2D eigenvalue weighted by atomic mass is 10.2. The van der Waals surface area contributed by atoms with Gasteiger partial charge in [-0.2, -0.15) is 0 Å². The van der Waals surface area contributed by atoms with Crippen LogP contribution in [0.1, 0.15) is 28.3 Å². The highest BCUT2D eigenvalue weighted by Gasteiger charge is 2.23. The molecule has 1 aromatic carbocycles. The number of carbonyl (C=O) groups is 1. The number of methoxy groups -OCH3 is 2. The summed E-state index contributed by atoms with van der Waals surface area (Å²) in [4.78, 5) is 17.8. The number of nitrogens with two attached hydrogens (primary N) is 1. The molecular weight excluding hydrogens is 513 g/mol. The quantitative estimate of drug-likeness (QED) is 0.265. The first-order valence-corrected chi connectivity index (χ1v) is 9.80. The second-order valence-electron chi connectivity index (χ2n) is 7.14. The second-order valence-corrected chi connectivity index (χ2v) is 7.14. The van der Waals surface area contributed by atoms with Crippen LogP contribution >= 0.6 is 24.0 Å². The molecule has 2 aromatic rings. The fourth-order valence-corrected chi connectivity index (χ4v) is 3.47. The van der Waals surface area contributed by atoms with Crippen molar-refractivity contribution in [3.8, 4) is 11.5 Å². The Morgan fingerprint density at radius 1 is 1.26 bits per heavy atom. The van der Waals surface area contributed by atoms with Crippen LogP contribution in [0.2, 0.25) is 0 Å². The molecular formula is C21H30IN5O4. The summed E-state index contributed by atoms with van der Waals surface area (Å²) >= 11 is 0. The zero-order valence-corrected chi connectivity index (χ0v) is 20.3. The third kappa shape index (κ3) is 7.03. The van der Waals surface area contributed by atoms with Crippen LogP contribution in [0, 0.1) is 0 Å². The summed E-state index contributed by atoms with van der Waals surface area (Å²) in [6.45, 7) is 3.11. The highest BCUT2D eigenvalue weighted by molar-refractivity contribution is 14.0. The molecule has 0 radical (unpaired) electrons. The first-order valence-electron chi connectivity index (χ1n) is 9.80. The van der Waals surface area contributed by atoms with E-state index in [-0.39, 0.29) is 35.8 Å². The molecule has 4 N–H and O–H groups in total. The summed E-state index contributed by atoms with van der Waals surface area (Å²) in [6, 6.07) is 9.51. The molecule has 1 aliphatic heterocycles. The van der Waals surface area contributed by atoms with Crippen molar-refractivity contribution in [2.45, 2.75) is 25.6 Å². The molecule has 0 saturated carbocycles. The molecule has 2 heterocycles. The molecule has 9 nitrogen and oxygen atoms in total. The van der Waals surface area contributed by atoms with Gasteiger partial charge in [0.05, 0.1) is 20.8 Å². The summed E-state index contributed by atoms with van der Waals surface area (Å²) in [6.07, 6.45) is 1.01. The fourth-order valence-electron chi connectivity index (χ4n) is 3.47. The average molecular weight is 543 g/mol. The van der Waals surface area contributed by atoms with Gasteiger partial charge < -0.3 is 30.3 Å². The van der Waals surface area contributed by atoms with Crippen LogP contribution in [0.4, 0.5) is 0 Å². The number of amides is 1. The SMILES string of the molecule is CN=C(NCc1ccc(C(N)=O)o1)NC1CCN(Cc2cc(OC)cc(OC)c2)C1.I. The summed E-state index contributed by atoms with van der Waals surface area (Å²) in [5, 5.41) is 6.64. The summed E-state index contributed by atoms with van der Waals surface area (Å²) in [7, 11) is 5.04. The maximum Gasteiger partial charge on any atom is 0.284 e. The zero-order valence-electron chi connectivity index (χ0n) is 18.0. The molecule has 170 valence electrons. The monoisotopic (exact) mass is 543 g/mol. The van der Waals surface area contributed by atoms with Crippen LogP contribution in [-0.2, 0) is 13.1 Å². The summed E-state index contributed by atoms with van der Waals surface area (Å²) < 4.78 is 16.1. The third-order valence-corrected chi connectivity index (χ3v) is 4.99. The standard InChI is InChI=1S/C21H29N5O4.HI/c1-23-21(24-11-16-4-5-19(30-16)20(22)27)25-15-6-7-26(13-15)12-14-8-17(28-2)10-18(9-14)29-3;/h4-5,8-10,15H,6-7,11-13H2,1-3H3,(H2,22,27)(H2,23,24,25);1H. The maximum atomic E-state index is 11.1. The van der Waals surface area contributed by atoms with Crippen molar-refractivity contribution in [2.24, 2.45) is 10.7 Å². The molecule has 0 spiro atoms. The summed E-state index contributed by atoms with van der Waals surface area (Å²) in [5.41, 5.74) is 6.36. The topological polar surface area (TPSA) is 114 Å². The summed E-state index contributed by atoms with van der Waals surface area (Å²) in [5.74, 6) is 2.45. The van der Waals surface area contributed by atoms with Gasteiger partial charge >= 0.3 is 0 Å². The average Bonchev–Trinajstić information content (AvgIpc) is 3.40. The highest BCUT2D eigenvalue weighted by Crippen LogP contribution is 2.24. The van der Waals surface area contributed by atoms with Crippen molar-refractivity contribution in [2.75, 3.05) is 34.4 Å². The van der Waals surface area contributed by atoms with E-state index >= 15 is 0 Å². The number of hydrogen-bond acceptors (Lipinski definition) is 6. The molecule has 3 rings (SSSR count). The fraction of sp³-hybridized carbons (Fsp3) is 0.429. The van der Waals surface area contributed by atoms with E-state index in [1.165, 1.54) is 0 Å².